The van der Waals surface area contributed by atoms with Crippen molar-refractivity contribution >= 4 is 23.4 Å². The topological polar surface area (TPSA) is 37.8 Å². The van der Waals surface area contributed by atoms with E-state index in [0.29, 0.717) is 11.1 Å². The minimum atomic E-state index is 0.317. The van der Waals surface area contributed by atoms with Crippen molar-refractivity contribution in [3.63, 3.8) is 0 Å². The average molecular weight is 308 g/mol. The lowest BCUT2D eigenvalue weighted by Gasteiger charge is -2.15. The third kappa shape index (κ3) is 3.95. The molecule has 20 heavy (non-hydrogen) atoms. The summed E-state index contributed by atoms with van der Waals surface area (Å²) in [5.74, 6) is 0. The molecule has 0 spiro atoms. The van der Waals surface area contributed by atoms with Gasteiger partial charge in [-0.25, -0.2) is 4.98 Å². The second kappa shape index (κ2) is 7.62. The number of nitrogens with one attached hydrogen (secondary N) is 1. The molecule has 3 nitrogen and oxygen atoms in total. The van der Waals surface area contributed by atoms with Crippen molar-refractivity contribution in [1.82, 2.24) is 15.3 Å². The standard InChI is InChI=1S/C15H18ClN3S/c1-3-13(17-4-2)14-8-7-11(10-19-14)20-15-12(16)6-5-9-18-15/h5-10,13,17H,3-4H2,1-2H3. The summed E-state index contributed by atoms with van der Waals surface area (Å²) in [5, 5.41) is 4.90. The number of rotatable bonds is 6. The van der Waals surface area contributed by atoms with Crippen molar-refractivity contribution in [3.8, 4) is 0 Å². The number of hydrogen-bond donors (Lipinski definition) is 1. The van der Waals surface area contributed by atoms with E-state index < -0.39 is 0 Å². The molecule has 1 atom stereocenters. The minimum Gasteiger partial charge on any atom is -0.309 e. The molecule has 0 aliphatic rings. The zero-order valence-corrected chi connectivity index (χ0v) is 13.2. The van der Waals surface area contributed by atoms with E-state index in [2.05, 4.69) is 41.3 Å². The molecule has 1 N–H and O–H groups in total. The smallest absolute Gasteiger partial charge is 0.119 e. The van der Waals surface area contributed by atoms with Crippen LogP contribution in [0, 0.1) is 0 Å². The van der Waals surface area contributed by atoms with Crippen molar-refractivity contribution in [2.75, 3.05) is 6.54 Å². The highest BCUT2D eigenvalue weighted by Gasteiger charge is 2.10. The molecule has 2 rings (SSSR count). The summed E-state index contributed by atoms with van der Waals surface area (Å²) in [6, 6.07) is 8.12. The summed E-state index contributed by atoms with van der Waals surface area (Å²) >= 11 is 7.64. The number of pyridine rings is 2. The molecule has 1 unspecified atom stereocenters. The van der Waals surface area contributed by atoms with Crippen LogP contribution >= 0.6 is 23.4 Å². The molecule has 0 aliphatic carbocycles. The highest BCUT2D eigenvalue weighted by Crippen LogP contribution is 2.31. The van der Waals surface area contributed by atoms with Gasteiger partial charge in [0.15, 0.2) is 0 Å². The lowest BCUT2D eigenvalue weighted by Crippen LogP contribution is -2.20. The van der Waals surface area contributed by atoms with Gasteiger partial charge in [-0.05, 0) is 37.2 Å². The molecule has 0 saturated heterocycles. The molecule has 5 heteroatoms. The van der Waals surface area contributed by atoms with Crippen molar-refractivity contribution in [2.24, 2.45) is 0 Å². The highest BCUT2D eigenvalue weighted by atomic mass is 35.5. The van der Waals surface area contributed by atoms with Crippen LogP contribution in [-0.4, -0.2) is 16.5 Å². The minimum absolute atomic E-state index is 0.317. The van der Waals surface area contributed by atoms with E-state index in [1.54, 1.807) is 6.20 Å². The molecule has 2 heterocycles. The molecule has 0 amide bonds. The van der Waals surface area contributed by atoms with E-state index in [0.717, 1.165) is 28.6 Å². The molecule has 0 saturated carbocycles. The van der Waals surface area contributed by atoms with Gasteiger partial charge in [0.2, 0.25) is 0 Å². The Morgan fingerprint density at radius 2 is 2.10 bits per heavy atom. The molecule has 2 aromatic heterocycles. The quantitative estimate of drug-likeness (QED) is 0.861. The van der Waals surface area contributed by atoms with Crippen molar-refractivity contribution in [3.05, 3.63) is 47.4 Å². The predicted molar refractivity (Wildman–Crippen MR) is 84.3 cm³/mol. The van der Waals surface area contributed by atoms with Gasteiger partial charge >= 0.3 is 0 Å². The van der Waals surface area contributed by atoms with E-state index >= 15 is 0 Å². The van der Waals surface area contributed by atoms with Gasteiger partial charge in [0.05, 0.1) is 10.7 Å². The van der Waals surface area contributed by atoms with Crippen LogP contribution in [0.3, 0.4) is 0 Å². The molecule has 106 valence electrons. The Labute approximate surface area is 129 Å². The Morgan fingerprint density at radius 1 is 1.25 bits per heavy atom. The summed E-state index contributed by atoms with van der Waals surface area (Å²) in [4.78, 5) is 9.85. The fraction of sp³-hybridized carbons (Fsp3) is 0.333. The Balaban J connectivity index is 2.10. The second-order valence-corrected chi connectivity index (χ2v) is 5.80. The molecule has 0 aromatic carbocycles. The molecular weight excluding hydrogens is 290 g/mol. The van der Waals surface area contributed by atoms with Crippen LogP contribution in [0.4, 0.5) is 0 Å². The summed E-state index contributed by atoms with van der Waals surface area (Å²) in [6.45, 7) is 5.21. The lowest BCUT2D eigenvalue weighted by atomic mass is 10.1. The monoisotopic (exact) mass is 307 g/mol. The normalized spacial score (nSPS) is 12.3. The van der Waals surface area contributed by atoms with Gasteiger partial charge in [0, 0.05) is 23.3 Å². The van der Waals surface area contributed by atoms with Crippen LogP contribution in [0.25, 0.3) is 0 Å². The fourth-order valence-electron chi connectivity index (χ4n) is 1.92. The molecule has 0 aliphatic heterocycles. The number of halogens is 1. The third-order valence-corrected chi connectivity index (χ3v) is 4.33. The summed E-state index contributed by atoms with van der Waals surface area (Å²) in [6.07, 6.45) is 4.65. The zero-order chi connectivity index (χ0) is 14.4. The predicted octanol–water partition coefficient (Wildman–Crippen LogP) is 4.34. The van der Waals surface area contributed by atoms with Gasteiger partial charge < -0.3 is 5.32 Å². The Kier molecular flexibility index (Phi) is 5.83. The van der Waals surface area contributed by atoms with Gasteiger partial charge in [0.25, 0.3) is 0 Å². The first-order valence-corrected chi connectivity index (χ1v) is 7.91. The van der Waals surface area contributed by atoms with Crippen LogP contribution in [0.1, 0.15) is 32.0 Å². The lowest BCUT2D eigenvalue weighted by molar-refractivity contribution is 0.524. The highest BCUT2D eigenvalue weighted by molar-refractivity contribution is 7.99. The second-order valence-electron chi connectivity index (χ2n) is 4.33. The van der Waals surface area contributed by atoms with Gasteiger partial charge in [-0.2, -0.15) is 0 Å². The van der Waals surface area contributed by atoms with Gasteiger partial charge in [-0.3, -0.25) is 4.98 Å². The van der Waals surface area contributed by atoms with Crippen LogP contribution < -0.4 is 5.32 Å². The van der Waals surface area contributed by atoms with E-state index in [9.17, 15) is 0 Å². The van der Waals surface area contributed by atoms with Crippen LogP contribution in [0.5, 0.6) is 0 Å². The van der Waals surface area contributed by atoms with Crippen molar-refractivity contribution in [2.45, 2.75) is 36.2 Å². The van der Waals surface area contributed by atoms with E-state index in [4.69, 9.17) is 11.6 Å². The maximum Gasteiger partial charge on any atom is 0.119 e. The summed E-state index contributed by atoms with van der Waals surface area (Å²) in [7, 11) is 0. The zero-order valence-electron chi connectivity index (χ0n) is 11.6. The van der Waals surface area contributed by atoms with Crippen LogP contribution in [-0.2, 0) is 0 Å². The van der Waals surface area contributed by atoms with E-state index in [1.165, 1.54) is 11.8 Å². The van der Waals surface area contributed by atoms with Gasteiger partial charge in [0.1, 0.15) is 5.03 Å². The van der Waals surface area contributed by atoms with Crippen molar-refractivity contribution < 1.29 is 0 Å². The van der Waals surface area contributed by atoms with Crippen LogP contribution in [0.2, 0.25) is 5.02 Å². The molecule has 0 fully saturated rings. The first kappa shape index (κ1) is 15.3. The molecular formula is C15H18ClN3S. The Morgan fingerprint density at radius 3 is 2.70 bits per heavy atom. The average Bonchev–Trinajstić information content (AvgIpc) is 2.48. The molecule has 2 aromatic rings. The summed E-state index contributed by atoms with van der Waals surface area (Å²) < 4.78 is 0. The van der Waals surface area contributed by atoms with Gasteiger partial charge in [-0.1, -0.05) is 37.2 Å². The van der Waals surface area contributed by atoms with E-state index in [1.807, 2.05) is 18.3 Å². The first-order chi connectivity index (χ1) is 9.74. The molecule has 0 bridgehead atoms. The van der Waals surface area contributed by atoms with E-state index in [-0.39, 0.29) is 0 Å². The number of hydrogen-bond acceptors (Lipinski definition) is 4. The fourth-order valence-corrected chi connectivity index (χ4v) is 2.90. The first-order valence-electron chi connectivity index (χ1n) is 6.72. The Hall–Kier alpha value is -1.10. The van der Waals surface area contributed by atoms with Crippen molar-refractivity contribution in [1.29, 1.82) is 0 Å². The maximum atomic E-state index is 6.11. The Bertz CT molecular complexity index is 545. The number of aromatic nitrogens is 2. The molecule has 0 radical (unpaired) electrons. The summed E-state index contributed by atoms with van der Waals surface area (Å²) in [5.41, 5.74) is 1.07. The SMILES string of the molecule is CCNC(CC)c1ccc(Sc2ncccc2Cl)cn1. The van der Waals surface area contributed by atoms with Gasteiger partial charge in [-0.15, -0.1) is 0 Å². The third-order valence-electron chi connectivity index (χ3n) is 2.91. The maximum absolute atomic E-state index is 6.11. The largest absolute Gasteiger partial charge is 0.309 e. The van der Waals surface area contributed by atoms with Crippen LogP contribution in [0.15, 0.2) is 46.6 Å². The number of nitrogens with zero attached hydrogens (tertiary/aromatic N) is 2.